The lowest BCUT2D eigenvalue weighted by Gasteiger charge is -2.20. The summed E-state index contributed by atoms with van der Waals surface area (Å²) in [6.45, 7) is 2.16. The SMILES string of the molecule is CC/C=C\C(=NC)c1c2ccccc2c(-c2ccc3c(-c4ccccn4)c4ccccc4c(-c4ccccn4)c3c2)c2ccccc12. The molecule has 0 amide bonds. The topological polar surface area (TPSA) is 38.1 Å². The molecule has 8 aromatic rings. The average molecular weight is 604 g/mol. The largest absolute Gasteiger partial charge is 0.288 e. The molecule has 0 aliphatic heterocycles. The van der Waals surface area contributed by atoms with Gasteiger partial charge in [0.15, 0.2) is 0 Å². The first-order chi connectivity index (χ1) is 23.3. The number of fused-ring (bicyclic) bond motifs is 4. The second kappa shape index (κ2) is 12.1. The highest BCUT2D eigenvalue weighted by molar-refractivity contribution is 6.29. The minimum atomic E-state index is 0.954. The van der Waals surface area contributed by atoms with Crippen LogP contribution in [0.3, 0.4) is 0 Å². The Morgan fingerprint density at radius 1 is 0.532 bits per heavy atom. The number of benzene rings is 6. The van der Waals surface area contributed by atoms with Gasteiger partial charge in [-0.3, -0.25) is 15.0 Å². The van der Waals surface area contributed by atoms with Gasteiger partial charge >= 0.3 is 0 Å². The minimum Gasteiger partial charge on any atom is -0.288 e. The third-order valence-electron chi connectivity index (χ3n) is 9.09. The lowest BCUT2D eigenvalue weighted by molar-refractivity contribution is 1.23. The van der Waals surface area contributed by atoms with E-state index in [2.05, 4.69) is 134 Å². The first-order valence-corrected chi connectivity index (χ1v) is 16.2. The van der Waals surface area contributed by atoms with Gasteiger partial charge in [-0.15, -0.1) is 0 Å². The Bertz CT molecular complexity index is 2440. The molecule has 2 heterocycles. The quantitative estimate of drug-likeness (QED) is 0.140. The van der Waals surface area contributed by atoms with Crippen LogP contribution in [0.5, 0.6) is 0 Å². The number of pyridine rings is 2. The lowest BCUT2D eigenvalue weighted by Crippen LogP contribution is -2.01. The molecule has 3 nitrogen and oxygen atoms in total. The van der Waals surface area contributed by atoms with Crippen LogP contribution in [0.15, 0.2) is 157 Å². The Balaban J connectivity index is 1.52. The Morgan fingerprint density at radius 3 is 1.49 bits per heavy atom. The fourth-order valence-corrected chi connectivity index (χ4v) is 7.12. The normalized spacial score (nSPS) is 12.2. The van der Waals surface area contributed by atoms with Gasteiger partial charge in [-0.25, -0.2) is 0 Å². The molecule has 47 heavy (non-hydrogen) atoms. The zero-order chi connectivity index (χ0) is 31.7. The molecule has 3 heteroatoms. The van der Waals surface area contributed by atoms with E-state index in [1.165, 1.54) is 38.1 Å². The first kappa shape index (κ1) is 28.5. The summed E-state index contributed by atoms with van der Waals surface area (Å²) in [5, 5.41) is 9.43. The molecule has 0 fully saturated rings. The number of aromatic nitrogens is 2. The maximum absolute atomic E-state index is 4.88. The van der Waals surface area contributed by atoms with Crippen LogP contribution in [-0.2, 0) is 0 Å². The van der Waals surface area contributed by atoms with Crippen LogP contribution in [0, 0.1) is 0 Å². The standard InChI is InChI=1S/C44H33N3/c1-3-4-21-38(45-2)42-32-17-7-5-15-30(32)41(31-16-6-8-18-33(31)42)29-24-25-36-37(28-29)44(40-23-12-14-27-47-40)35-20-10-9-19-34(35)43(36)39-22-11-13-26-46-39/h4-28H,3H2,1-2H3/b21-4-,45-38?. The van der Waals surface area contributed by atoms with Gasteiger partial charge in [0.05, 0.1) is 17.1 Å². The van der Waals surface area contributed by atoms with E-state index >= 15 is 0 Å². The van der Waals surface area contributed by atoms with E-state index in [1.807, 2.05) is 31.6 Å². The van der Waals surface area contributed by atoms with Crippen molar-refractivity contribution in [2.75, 3.05) is 7.05 Å². The zero-order valence-corrected chi connectivity index (χ0v) is 26.5. The Hall–Kier alpha value is -5.93. The third-order valence-corrected chi connectivity index (χ3v) is 9.09. The Morgan fingerprint density at radius 2 is 1.00 bits per heavy atom. The summed E-state index contributed by atoms with van der Waals surface area (Å²) in [7, 11) is 1.89. The third kappa shape index (κ3) is 4.79. The van der Waals surface area contributed by atoms with Crippen molar-refractivity contribution in [1.29, 1.82) is 0 Å². The number of aliphatic imine (C=N–C) groups is 1. The van der Waals surface area contributed by atoms with Crippen molar-refractivity contribution in [1.82, 2.24) is 9.97 Å². The monoisotopic (exact) mass is 603 g/mol. The number of hydrogen-bond donors (Lipinski definition) is 0. The van der Waals surface area contributed by atoms with Crippen LogP contribution in [0.2, 0.25) is 0 Å². The van der Waals surface area contributed by atoms with Gasteiger partial charge in [-0.2, -0.15) is 0 Å². The van der Waals surface area contributed by atoms with Gasteiger partial charge in [0.2, 0.25) is 0 Å². The van der Waals surface area contributed by atoms with Crippen molar-refractivity contribution in [3.8, 4) is 33.6 Å². The average Bonchev–Trinajstić information content (AvgIpc) is 3.14. The van der Waals surface area contributed by atoms with Gasteiger partial charge in [-0.1, -0.05) is 110 Å². The van der Waals surface area contributed by atoms with Crippen LogP contribution >= 0.6 is 0 Å². The molecule has 0 saturated heterocycles. The maximum Gasteiger partial charge on any atom is 0.0714 e. The molecule has 0 atom stereocenters. The van der Waals surface area contributed by atoms with Crippen molar-refractivity contribution in [3.05, 3.63) is 158 Å². The number of nitrogens with zero attached hydrogens (tertiary/aromatic N) is 3. The summed E-state index contributed by atoms with van der Waals surface area (Å²) in [5.74, 6) is 0. The number of allylic oxidation sites excluding steroid dienone is 2. The molecular weight excluding hydrogens is 571 g/mol. The summed E-state index contributed by atoms with van der Waals surface area (Å²) < 4.78 is 0. The fourth-order valence-electron chi connectivity index (χ4n) is 7.12. The van der Waals surface area contributed by atoms with E-state index in [1.54, 1.807) is 0 Å². The summed E-state index contributed by atoms with van der Waals surface area (Å²) in [6.07, 6.45) is 9.06. The lowest BCUT2D eigenvalue weighted by atomic mass is 9.84. The first-order valence-electron chi connectivity index (χ1n) is 16.2. The Kier molecular flexibility index (Phi) is 7.35. The number of hydrogen-bond acceptors (Lipinski definition) is 3. The molecule has 224 valence electrons. The predicted octanol–water partition coefficient (Wildman–Crippen LogP) is 11.5. The molecule has 0 unspecified atom stereocenters. The van der Waals surface area contributed by atoms with Crippen molar-refractivity contribution in [3.63, 3.8) is 0 Å². The van der Waals surface area contributed by atoms with E-state index < -0.39 is 0 Å². The van der Waals surface area contributed by atoms with E-state index in [0.717, 1.165) is 56.4 Å². The molecule has 0 N–H and O–H groups in total. The highest BCUT2D eigenvalue weighted by Crippen LogP contribution is 2.46. The summed E-state index contributed by atoms with van der Waals surface area (Å²) in [4.78, 5) is 14.5. The Labute approximate surface area is 274 Å². The second-order valence-corrected chi connectivity index (χ2v) is 11.7. The molecule has 0 saturated carbocycles. The predicted molar refractivity (Wildman–Crippen MR) is 200 cm³/mol. The molecule has 8 rings (SSSR count). The molecule has 0 aliphatic rings. The van der Waals surface area contributed by atoms with Gasteiger partial charge in [-0.05, 0) is 97.0 Å². The highest BCUT2D eigenvalue weighted by Gasteiger charge is 2.21. The molecule has 2 aromatic heterocycles. The highest BCUT2D eigenvalue weighted by atomic mass is 14.7. The van der Waals surface area contributed by atoms with Crippen LogP contribution in [0.25, 0.3) is 76.7 Å². The summed E-state index contributed by atoms with van der Waals surface area (Å²) >= 11 is 0. The second-order valence-electron chi connectivity index (χ2n) is 11.7. The van der Waals surface area contributed by atoms with E-state index in [-0.39, 0.29) is 0 Å². The van der Waals surface area contributed by atoms with Crippen LogP contribution < -0.4 is 0 Å². The number of rotatable bonds is 6. The molecular formula is C44H33N3. The summed E-state index contributed by atoms with van der Waals surface area (Å²) in [5.41, 5.74) is 8.73. The van der Waals surface area contributed by atoms with Gasteiger partial charge < -0.3 is 0 Å². The summed E-state index contributed by atoms with van der Waals surface area (Å²) in [6, 6.07) is 45.4. The smallest absolute Gasteiger partial charge is 0.0714 e. The van der Waals surface area contributed by atoms with Crippen molar-refractivity contribution in [2.24, 2.45) is 4.99 Å². The maximum atomic E-state index is 4.88. The van der Waals surface area contributed by atoms with Crippen molar-refractivity contribution in [2.45, 2.75) is 13.3 Å². The van der Waals surface area contributed by atoms with Crippen molar-refractivity contribution >= 4 is 48.8 Å². The van der Waals surface area contributed by atoms with Gasteiger partial charge in [0.1, 0.15) is 0 Å². The van der Waals surface area contributed by atoms with E-state index in [0.29, 0.717) is 0 Å². The van der Waals surface area contributed by atoms with E-state index in [9.17, 15) is 0 Å². The molecule has 0 aliphatic carbocycles. The fraction of sp³-hybridized carbons (Fsp3) is 0.0682. The van der Waals surface area contributed by atoms with Crippen LogP contribution in [0.4, 0.5) is 0 Å². The van der Waals surface area contributed by atoms with Gasteiger partial charge in [0.25, 0.3) is 0 Å². The minimum absolute atomic E-state index is 0.954. The van der Waals surface area contributed by atoms with Crippen LogP contribution in [0.1, 0.15) is 18.9 Å². The molecule has 6 aromatic carbocycles. The van der Waals surface area contributed by atoms with Crippen molar-refractivity contribution < 1.29 is 0 Å². The molecule has 0 radical (unpaired) electrons. The molecule has 0 spiro atoms. The van der Waals surface area contributed by atoms with Gasteiger partial charge in [0, 0.05) is 36.1 Å². The van der Waals surface area contributed by atoms with E-state index in [4.69, 9.17) is 15.0 Å². The van der Waals surface area contributed by atoms with Crippen LogP contribution in [-0.4, -0.2) is 22.7 Å². The zero-order valence-electron chi connectivity index (χ0n) is 26.5. The molecule has 0 bridgehead atoms.